The number of nitro benzene ring substituents is 1. The third kappa shape index (κ3) is 5.39. The summed E-state index contributed by atoms with van der Waals surface area (Å²) in [5.41, 5.74) is 2.12. The van der Waals surface area contributed by atoms with E-state index in [1.54, 1.807) is 6.92 Å². The molecule has 0 aromatic heterocycles. The molecule has 1 heterocycles. The largest absolute Gasteiger partial charge is 0.379 e. The highest BCUT2D eigenvalue weighted by atomic mass is 32.2. The minimum atomic E-state index is -3.95. The highest BCUT2D eigenvalue weighted by Gasteiger charge is 2.26. The van der Waals surface area contributed by atoms with Gasteiger partial charge in [-0.05, 0) is 25.5 Å². The third-order valence-corrected chi connectivity index (χ3v) is 6.48. The Morgan fingerprint density at radius 3 is 2.41 bits per heavy atom. The van der Waals surface area contributed by atoms with Crippen LogP contribution in [0.5, 0.6) is 0 Å². The van der Waals surface area contributed by atoms with Gasteiger partial charge in [-0.1, -0.05) is 35.9 Å². The van der Waals surface area contributed by atoms with Gasteiger partial charge in [0.15, 0.2) is 0 Å². The first-order valence-electron chi connectivity index (χ1n) is 9.40. The summed E-state index contributed by atoms with van der Waals surface area (Å²) in [6, 6.07) is 11.2. The molecule has 3 rings (SSSR count). The molecule has 1 atom stereocenters. The average Bonchev–Trinajstić information content (AvgIpc) is 2.68. The van der Waals surface area contributed by atoms with Crippen molar-refractivity contribution in [2.24, 2.45) is 0 Å². The van der Waals surface area contributed by atoms with Crippen LogP contribution in [-0.4, -0.2) is 51.1 Å². The summed E-state index contributed by atoms with van der Waals surface area (Å²) in [7, 11) is -3.95. The summed E-state index contributed by atoms with van der Waals surface area (Å²) in [4.78, 5) is 12.7. The van der Waals surface area contributed by atoms with Crippen molar-refractivity contribution in [3.8, 4) is 0 Å². The maximum Gasteiger partial charge on any atom is 0.273 e. The molecule has 1 N–H and O–H groups in total. The number of benzene rings is 2. The van der Waals surface area contributed by atoms with E-state index in [2.05, 4.69) is 9.62 Å². The molecule has 0 aliphatic carbocycles. The molecule has 0 saturated carbocycles. The lowest BCUT2D eigenvalue weighted by molar-refractivity contribution is -0.385. The smallest absolute Gasteiger partial charge is 0.273 e. The van der Waals surface area contributed by atoms with Gasteiger partial charge in [0.25, 0.3) is 5.69 Å². The summed E-state index contributed by atoms with van der Waals surface area (Å²) < 4.78 is 34.2. The molecule has 8 nitrogen and oxygen atoms in total. The van der Waals surface area contributed by atoms with Gasteiger partial charge < -0.3 is 4.74 Å². The van der Waals surface area contributed by atoms with Gasteiger partial charge in [0.05, 0.1) is 29.1 Å². The zero-order valence-electron chi connectivity index (χ0n) is 16.5. The van der Waals surface area contributed by atoms with Gasteiger partial charge >= 0.3 is 0 Å². The molecule has 1 aliphatic rings. The molecular formula is C20H25N3O5S. The van der Waals surface area contributed by atoms with Crippen LogP contribution in [-0.2, 0) is 14.8 Å². The molecular weight excluding hydrogens is 394 g/mol. The highest BCUT2D eigenvalue weighted by Crippen LogP contribution is 2.24. The Morgan fingerprint density at radius 1 is 1.14 bits per heavy atom. The Labute approximate surface area is 170 Å². The second-order valence-electron chi connectivity index (χ2n) is 7.20. The number of nitrogens with one attached hydrogen (secondary N) is 1. The van der Waals surface area contributed by atoms with Crippen molar-refractivity contribution in [1.29, 1.82) is 0 Å². The zero-order chi connectivity index (χ0) is 21.0. The van der Waals surface area contributed by atoms with E-state index in [9.17, 15) is 18.5 Å². The lowest BCUT2D eigenvalue weighted by Crippen LogP contribution is -2.43. The first-order valence-corrected chi connectivity index (χ1v) is 10.9. The van der Waals surface area contributed by atoms with Crippen LogP contribution in [0.3, 0.4) is 0 Å². The number of nitrogens with zero attached hydrogens (tertiary/aromatic N) is 2. The Hall–Kier alpha value is -2.33. The second kappa shape index (κ2) is 9.00. The minimum Gasteiger partial charge on any atom is -0.379 e. The molecule has 29 heavy (non-hydrogen) atoms. The average molecular weight is 420 g/mol. The van der Waals surface area contributed by atoms with Gasteiger partial charge in [-0.3, -0.25) is 15.0 Å². The first-order chi connectivity index (χ1) is 13.8. The number of nitro groups is 1. The number of morpholine rings is 1. The maximum atomic E-state index is 13.0. The van der Waals surface area contributed by atoms with Crippen molar-refractivity contribution < 1.29 is 18.1 Å². The van der Waals surface area contributed by atoms with Crippen LogP contribution in [0.25, 0.3) is 0 Å². The summed E-state index contributed by atoms with van der Waals surface area (Å²) >= 11 is 0. The maximum absolute atomic E-state index is 13.0. The fraction of sp³-hybridized carbons (Fsp3) is 0.400. The molecule has 0 amide bonds. The molecule has 1 aliphatic heterocycles. The van der Waals surface area contributed by atoms with Gasteiger partial charge in [0, 0.05) is 31.3 Å². The van der Waals surface area contributed by atoms with Crippen LogP contribution in [0, 0.1) is 24.0 Å². The van der Waals surface area contributed by atoms with Gasteiger partial charge in [-0.2, -0.15) is 0 Å². The number of hydrogen-bond donors (Lipinski definition) is 1. The number of aryl methyl sites for hydroxylation is 2. The van der Waals surface area contributed by atoms with E-state index in [0.717, 1.165) is 30.3 Å². The standard InChI is InChI=1S/C20H25N3O5S/c1-15-3-6-17(7-4-15)19(14-22-9-11-28-12-10-22)21-29(26,27)18-8-5-16(2)20(13-18)23(24)25/h3-8,13,19,21H,9-12,14H2,1-2H3/t19-/m0/s1. The van der Waals surface area contributed by atoms with Crippen molar-refractivity contribution in [2.75, 3.05) is 32.8 Å². The zero-order valence-corrected chi connectivity index (χ0v) is 17.3. The number of rotatable bonds is 7. The van der Waals surface area contributed by atoms with Gasteiger partial charge in [-0.15, -0.1) is 0 Å². The van der Waals surface area contributed by atoms with Gasteiger partial charge in [0.1, 0.15) is 0 Å². The van der Waals surface area contributed by atoms with Crippen LogP contribution in [0.2, 0.25) is 0 Å². The summed E-state index contributed by atoms with van der Waals surface area (Å²) in [6.45, 7) is 6.70. The fourth-order valence-corrected chi connectivity index (χ4v) is 4.50. The number of ether oxygens (including phenoxy) is 1. The number of sulfonamides is 1. The van der Waals surface area contributed by atoms with Crippen LogP contribution in [0.15, 0.2) is 47.4 Å². The van der Waals surface area contributed by atoms with Crippen molar-refractivity contribution in [1.82, 2.24) is 9.62 Å². The first kappa shape index (κ1) is 21.4. The van der Waals surface area contributed by atoms with Crippen LogP contribution >= 0.6 is 0 Å². The minimum absolute atomic E-state index is 0.117. The Morgan fingerprint density at radius 2 is 1.79 bits per heavy atom. The second-order valence-corrected chi connectivity index (χ2v) is 8.92. The van der Waals surface area contributed by atoms with Gasteiger partial charge in [-0.25, -0.2) is 13.1 Å². The Bertz CT molecular complexity index is 970. The summed E-state index contributed by atoms with van der Waals surface area (Å²) in [6.07, 6.45) is 0. The highest BCUT2D eigenvalue weighted by molar-refractivity contribution is 7.89. The molecule has 2 aromatic rings. The molecule has 0 bridgehead atoms. The predicted molar refractivity (Wildman–Crippen MR) is 109 cm³/mol. The van der Waals surface area contributed by atoms with E-state index in [1.165, 1.54) is 12.1 Å². The molecule has 0 unspecified atom stereocenters. The summed E-state index contributed by atoms with van der Waals surface area (Å²) in [5, 5.41) is 11.2. The lowest BCUT2D eigenvalue weighted by atomic mass is 10.1. The monoisotopic (exact) mass is 419 g/mol. The lowest BCUT2D eigenvalue weighted by Gasteiger charge is -2.31. The van der Waals surface area contributed by atoms with Crippen LogP contribution in [0.1, 0.15) is 22.7 Å². The van der Waals surface area contributed by atoms with E-state index in [0.29, 0.717) is 25.3 Å². The molecule has 0 radical (unpaired) electrons. The van der Waals surface area contributed by atoms with E-state index < -0.39 is 21.0 Å². The third-order valence-electron chi connectivity index (χ3n) is 5.01. The normalized spacial score (nSPS) is 16.5. The summed E-state index contributed by atoms with van der Waals surface area (Å²) in [5.74, 6) is 0. The Kier molecular flexibility index (Phi) is 6.63. The molecule has 156 valence electrons. The van der Waals surface area contributed by atoms with E-state index >= 15 is 0 Å². The van der Waals surface area contributed by atoms with Crippen LogP contribution in [0.4, 0.5) is 5.69 Å². The number of hydrogen-bond acceptors (Lipinski definition) is 6. The fourth-order valence-electron chi connectivity index (χ4n) is 3.26. The molecule has 2 aromatic carbocycles. The van der Waals surface area contributed by atoms with Crippen molar-refractivity contribution in [3.05, 3.63) is 69.3 Å². The van der Waals surface area contributed by atoms with Crippen molar-refractivity contribution in [2.45, 2.75) is 24.8 Å². The Balaban J connectivity index is 1.90. The topological polar surface area (TPSA) is 102 Å². The molecule has 1 saturated heterocycles. The molecule has 9 heteroatoms. The van der Waals surface area contributed by atoms with Crippen molar-refractivity contribution in [3.63, 3.8) is 0 Å². The van der Waals surface area contributed by atoms with Gasteiger partial charge in [0.2, 0.25) is 10.0 Å². The quantitative estimate of drug-likeness (QED) is 0.547. The van der Waals surface area contributed by atoms with E-state index in [-0.39, 0.29) is 10.6 Å². The van der Waals surface area contributed by atoms with E-state index in [1.807, 2.05) is 31.2 Å². The van der Waals surface area contributed by atoms with Crippen molar-refractivity contribution >= 4 is 15.7 Å². The molecule has 0 spiro atoms. The molecule has 1 fully saturated rings. The van der Waals surface area contributed by atoms with Crippen LogP contribution < -0.4 is 4.72 Å². The predicted octanol–water partition coefficient (Wildman–Crippen LogP) is 2.56. The SMILES string of the molecule is Cc1ccc([C@H](CN2CCOCC2)NS(=O)(=O)c2ccc(C)c([N+](=O)[O-])c2)cc1. The van der Waals surface area contributed by atoms with E-state index in [4.69, 9.17) is 4.74 Å².